The molecule has 1 aromatic heterocycles. The summed E-state index contributed by atoms with van der Waals surface area (Å²) in [4.78, 5) is 4.16. The average molecular weight is 207 g/mol. The summed E-state index contributed by atoms with van der Waals surface area (Å²) in [5.41, 5.74) is 0.885. The molecule has 1 heterocycles. The fourth-order valence-corrected chi connectivity index (χ4v) is 1.97. The van der Waals surface area contributed by atoms with E-state index >= 15 is 0 Å². The van der Waals surface area contributed by atoms with E-state index in [9.17, 15) is 5.11 Å². The summed E-state index contributed by atoms with van der Waals surface area (Å²) in [6.07, 6.45) is 5.41. The van der Waals surface area contributed by atoms with Crippen molar-refractivity contribution < 1.29 is 9.84 Å². The van der Waals surface area contributed by atoms with Crippen molar-refractivity contribution in [3.63, 3.8) is 0 Å². The number of nitrogens with zero attached hydrogens (tertiary/aromatic N) is 1. The van der Waals surface area contributed by atoms with Gasteiger partial charge >= 0.3 is 0 Å². The normalized spacial score (nSPS) is 26.3. The van der Waals surface area contributed by atoms with Crippen molar-refractivity contribution in [2.24, 2.45) is 0 Å². The number of hydrogen-bond acceptors (Lipinski definition) is 3. The molecule has 0 aromatic carbocycles. The summed E-state index contributed by atoms with van der Waals surface area (Å²) in [6.45, 7) is 1.92. The molecule has 3 nitrogen and oxygen atoms in total. The van der Waals surface area contributed by atoms with E-state index in [1.165, 1.54) is 0 Å². The maximum Gasteiger partial charge on any atom is 0.141 e. The molecule has 1 N–H and O–H groups in total. The Bertz CT molecular complexity index is 327. The lowest BCUT2D eigenvalue weighted by Crippen LogP contribution is -2.34. The lowest BCUT2D eigenvalue weighted by molar-refractivity contribution is 0.00633. The van der Waals surface area contributed by atoms with Crippen molar-refractivity contribution in [1.29, 1.82) is 0 Å². The van der Waals surface area contributed by atoms with Gasteiger partial charge in [0.2, 0.25) is 0 Å². The zero-order chi connectivity index (χ0) is 10.7. The SMILES string of the molecule is Cc1ncccc1OC1CCCCC1O. The van der Waals surface area contributed by atoms with Gasteiger partial charge in [-0.15, -0.1) is 0 Å². The smallest absolute Gasteiger partial charge is 0.141 e. The third-order valence-electron chi connectivity index (χ3n) is 2.90. The standard InChI is InChI=1S/C12H17NO2/c1-9-11(7-4-8-13-9)15-12-6-3-2-5-10(12)14/h4,7-8,10,12,14H,2-3,5-6H2,1H3. The molecule has 0 radical (unpaired) electrons. The van der Waals surface area contributed by atoms with Gasteiger partial charge in [0.25, 0.3) is 0 Å². The fourth-order valence-electron chi connectivity index (χ4n) is 1.97. The first-order valence-corrected chi connectivity index (χ1v) is 5.54. The largest absolute Gasteiger partial charge is 0.486 e. The highest BCUT2D eigenvalue weighted by atomic mass is 16.5. The lowest BCUT2D eigenvalue weighted by Gasteiger charge is -2.28. The first-order chi connectivity index (χ1) is 7.27. The van der Waals surface area contributed by atoms with Crippen molar-refractivity contribution in [3.05, 3.63) is 24.0 Å². The van der Waals surface area contributed by atoms with Crippen LogP contribution in [0.4, 0.5) is 0 Å². The van der Waals surface area contributed by atoms with Gasteiger partial charge in [-0.25, -0.2) is 0 Å². The van der Waals surface area contributed by atoms with Gasteiger partial charge in [-0.1, -0.05) is 6.42 Å². The molecule has 1 saturated carbocycles. The molecule has 1 fully saturated rings. The molecular weight excluding hydrogens is 190 g/mol. The predicted molar refractivity (Wildman–Crippen MR) is 57.9 cm³/mol. The number of rotatable bonds is 2. The highest BCUT2D eigenvalue weighted by Crippen LogP contribution is 2.24. The van der Waals surface area contributed by atoms with E-state index in [0.29, 0.717) is 0 Å². The monoisotopic (exact) mass is 207 g/mol. The van der Waals surface area contributed by atoms with Gasteiger partial charge < -0.3 is 9.84 Å². The number of aliphatic hydroxyl groups is 1. The fraction of sp³-hybridized carbons (Fsp3) is 0.583. The van der Waals surface area contributed by atoms with E-state index in [-0.39, 0.29) is 12.2 Å². The first kappa shape index (κ1) is 10.4. The van der Waals surface area contributed by atoms with Gasteiger partial charge in [-0.2, -0.15) is 0 Å². The van der Waals surface area contributed by atoms with E-state index < -0.39 is 0 Å². The molecule has 0 saturated heterocycles. The summed E-state index contributed by atoms with van der Waals surface area (Å²) < 4.78 is 5.79. The molecule has 1 aliphatic rings. The van der Waals surface area contributed by atoms with Crippen LogP contribution in [0.3, 0.4) is 0 Å². The number of aromatic nitrogens is 1. The molecule has 2 atom stereocenters. The van der Waals surface area contributed by atoms with Gasteiger partial charge in [-0.05, 0) is 38.3 Å². The van der Waals surface area contributed by atoms with E-state index in [1.54, 1.807) is 6.20 Å². The molecule has 0 bridgehead atoms. The second kappa shape index (κ2) is 4.62. The maximum absolute atomic E-state index is 9.78. The van der Waals surface area contributed by atoms with E-state index in [4.69, 9.17) is 4.74 Å². The van der Waals surface area contributed by atoms with Crippen molar-refractivity contribution >= 4 is 0 Å². The molecule has 1 aliphatic carbocycles. The molecule has 0 aliphatic heterocycles. The Morgan fingerprint density at radius 1 is 1.40 bits per heavy atom. The second-order valence-corrected chi connectivity index (χ2v) is 4.10. The third kappa shape index (κ3) is 2.48. The van der Waals surface area contributed by atoms with Crippen LogP contribution in [-0.2, 0) is 0 Å². The topological polar surface area (TPSA) is 42.4 Å². The van der Waals surface area contributed by atoms with Crippen LogP contribution < -0.4 is 4.74 Å². The van der Waals surface area contributed by atoms with Gasteiger partial charge in [0.15, 0.2) is 0 Å². The summed E-state index contributed by atoms with van der Waals surface area (Å²) >= 11 is 0. The van der Waals surface area contributed by atoms with Crippen molar-refractivity contribution in [3.8, 4) is 5.75 Å². The summed E-state index contributed by atoms with van der Waals surface area (Å²) in [5, 5.41) is 9.78. The van der Waals surface area contributed by atoms with Crippen LogP contribution in [0, 0.1) is 6.92 Å². The molecule has 1 aromatic rings. The Balaban J connectivity index is 2.04. The molecular formula is C12H17NO2. The van der Waals surface area contributed by atoms with Gasteiger partial charge in [0.1, 0.15) is 11.9 Å². The van der Waals surface area contributed by atoms with Crippen LogP contribution in [0.15, 0.2) is 18.3 Å². The summed E-state index contributed by atoms with van der Waals surface area (Å²) in [6, 6.07) is 3.77. The number of ether oxygens (including phenoxy) is 1. The van der Waals surface area contributed by atoms with E-state index in [0.717, 1.165) is 37.1 Å². The molecule has 2 unspecified atom stereocenters. The minimum Gasteiger partial charge on any atom is -0.486 e. The van der Waals surface area contributed by atoms with Crippen LogP contribution >= 0.6 is 0 Å². The molecule has 0 spiro atoms. The van der Waals surface area contributed by atoms with Crippen molar-refractivity contribution in [2.75, 3.05) is 0 Å². The van der Waals surface area contributed by atoms with Crippen molar-refractivity contribution in [2.45, 2.75) is 44.8 Å². The minimum absolute atomic E-state index is 0.0540. The van der Waals surface area contributed by atoms with Crippen LogP contribution in [0.2, 0.25) is 0 Å². The zero-order valence-electron chi connectivity index (χ0n) is 9.02. The summed E-state index contributed by atoms with van der Waals surface area (Å²) in [7, 11) is 0. The Kier molecular flexibility index (Phi) is 3.21. The molecule has 0 amide bonds. The molecule has 2 rings (SSSR count). The second-order valence-electron chi connectivity index (χ2n) is 4.10. The van der Waals surface area contributed by atoms with Crippen molar-refractivity contribution in [1.82, 2.24) is 4.98 Å². The van der Waals surface area contributed by atoms with Gasteiger partial charge in [0.05, 0.1) is 11.8 Å². The highest BCUT2D eigenvalue weighted by Gasteiger charge is 2.24. The number of pyridine rings is 1. The minimum atomic E-state index is -0.321. The predicted octanol–water partition coefficient (Wildman–Crippen LogP) is 2.07. The van der Waals surface area contributed by atoms with Gasteiger partial charge in [-0.3, -0.25) is 4.98 Å². The Morgan fingerprint density at radius 2 is 2.20 bits per heavy atom. The van der Waals surface area contributed by atoms with E-state index in [1.807, 2.05) is 19.1 Å². The molecule has 3 heteroatoms. The van der Waals surface area contributed by atoms with Crippen LogP contribution in [0.1, 0.15) is 31.4 Å². The quantitative estimate of drug-likeness (QED) is 0.807. The summed E-state index contributed by atoms with van der Waals surface area (Å²) in [5.74, 6) is 0.795. The Hall–Kier alpha value is -1.09. The third-order valence-corrected chi connectivity index (χ3v) is 2.90. The zero-order valence-corrected chi connectivity index (χ0v) is 9.02. The van der Waals surface area contributed by atoms with Crippen LogP contribution in [0.25, 0.3) is 0 Å². The average Bonchev–Trinajstić information content (AvgIpc) is 2.24. The molecule has 82 valence electrons. The highest BCUT2D eigenvalue weighted by molar-refractivity contribution is 5.25. The number of aliphatic hydroxyl groups excluding tert-OH is 1. The maximum atomic E-state index is 9.78. The van der Waals surface area contributed by atoms with Crippen LogP contribution in [0.5, 0.6) is 5.75 Å². The lowest BCUT2D eigenvalue weighted by atomic mass is 9.95. The number of aryl methyl sites for hydroxylation is 1. The molecule has 15 heavy (non-hydrogen) atoms. The first-order valence-electron chi connectivity index (χ1n) is 5.54. The van der Waals surface area contributed by atoms with Gasteiger partial charge in [0, 0.05) is 6.20 Å². The Labute approximate surface area is 90.1 Å². The van der Waals surface area contributed by atoms with E-state index in [2.05, 4.69) is 4.98 Å². The van der Waals surface area contributed by atoms with Crippen LogP contribution in [-0.4, -0.2) is 22.3 Å². The Morgan fingerprint density at radius 3 is 2.93 bits per heavy atom. The number of hydrogen-bond donors (Lipinski definition) is 1.